The summed E-state index contributed by atoms with van der Waals surface area (Å²) < 4.78 is 0.889. The minimum Gasteiger partial charge on any atom is -0.309 e. The molecular formula is C14H22ClNS. The first kappa shape index (κ1) is 13.4. The predicted molar refractivity (Wildman–Crippen MR) is 76.8 cm³/mol. The second kappa shape index (κ2) is 5.29. The van der Waals surface area contributed by atoms with E-state index in [2.05, 4.69) is 32.2 Å². The van der Waals surface area contributed by atoms with Crippen LogP contribution in [0.25, 0.3) is 0 Å². The molecule has 0 bridgehead atoms. The Kier molecular flexibility index (Phi) is 4.17. The van der Waals surface area contributed by atoms with Crippen molar-refractivity contribution in [3.05, 3.63) is 21.3 Å². The molecule has 1 saturated carbocycles. The zero-order valence-electron chi connectivity index (χ0n) is 10.9. The molecule has 1 aliphatic rings. The summed E-state index contributed by atoms with van der Waals surface area (Å²) in [5.74, 6) is 0.772. The summed E-state index contributed by atoms with van der Waals surface area (Å²) in [5, 5.41) is 3.69. The van der Waals surface area contributed by atoms with E-state index in [1.807, 2.05) is 6.07 Å². The van der Waals surface area contributed by atoms with Crippen molar-refractivity contribution in [1.29, 1.82) is 0 Å². The van der Waals surface area contributed by atoms with Crippen LogP contribution >= 0.6 is 22.9 Å². The van der Waals surface area contributed by atoms with Crippen LogP contribution in [0.4, 0.5) is 0 Å². The van der Waals surface area contributed by atoms with E-state index in [1.165, 1.54) is 24.1 Å². The van der Waals surface area contributed by atoms with Crippen LogP contribution < -0.4 is 5.32 Å². The van der Waals surface area contributed by atoms with Crippen molar-refractivity contribution in [3.63, 3.8) is 0 Å². The molecule has 0 radical (unpaired) electrons. The fourth-order valence-corrected chi connectivity index (χ4v) is 3.97. The van der Waals surface area contributed by atoms with Gasteiger partial charge in [0.05, 0.1) is 4.34 Å². The third-order valence-corrected chi connectivity index (χ3v) is 5.09. The highest BCUT2D eigenvalue weighted by Gasteiger charge is 2.31. The molecule has 0 aromatic carbocycles. The Morgan fingerprint density at radius 3 is 2.82 bits per heavy atom. The predicted octanol–water partition coefficient (Wildman–Crippen LogP) is 4.71. The Morgan fingerprint density at radius 1 is 1.47 bits per heavy atom. The van der Waals surface area contributed by atoms with Gasteiger partial charge in [0.2, 0.25) is 0 Å². The number of hydrogen-bond donors (Lipinski definition) is 1. The van der Waals surface area contributed by atoms with Crippen molar-refractivity contribution < 1.29 is 0 Å². The topological polar surface area (TPSA) is 12.0 Å². The molecule has 1 aliphatic carbocycles. The molecule has 96 valence electrons. The summed E-state index contributed by atoms with van der Waals surface area (Å²) in [6.07, 6.45) is 3.96. The summed E-state index contributed by atoms with van der Waals surface area (Å²) in [6.45, 7) is 8.12. The maximum absolute atomic E-state index is 5.94. The number of nitrogens with one attached hydrogen (secondary N) is 1. The third kappa shape index (κ3) is 3.70. The van der Waals surface area contributed by atoms with Gasteiger partial charge in [0.15, 0.2) is 0 Å². The van der Waals surface area contributed by atoms with Gasteiger partial charge in [-0.3, -0.25) is 0 Å². The van der Waals surface area contributed by atoms with Gasteiger partial charge in [-0.1, -0.05) is 32.4 Å². The molecule has 2 unspecified atom stereocenters. The second-order valence-electron chi connectivity index (χ2n) is 6.08. The Labute approximate surface area is 114 Å². The number of halogens is 1. The zero-order valence-corrected chi connectivity index (χ0v) is 12.5. The van der Waals surface area contributed by atoms with E-state index >= 15 is 0 Å². The van der Waals surface area contributed by atoms with Crippen LogP contribution in [0, 0.1) is 11.3 Å². The van der Waals surface area contributed by atoms with E-state index in [1.54, 1.807) is 11.3 Å². The third-order valence-electron chi connectivity index (χ3n) is 3.86. The van der Waals surface area contributed by atoms with E-state index < -0.39 is 0 Å². The average Bonchev–Trinajstić information content (AvgIpc) is 2.62. The first-order valence-electron chi connectivity index (χ1n) is 6.44. The molecular weight excluding hydrogens is 250 g/mol. The van der Waals surface area contributed by atoms with Crippen LogP contribution in [0.2, 0.25) is 4.34 Å². The molecule has 0 spiro atoms. The molecule has 1 nitrogen and oxygen atoms in total. The summed E-state index contributed by atoms with van der Waals surface area (Å²) in [7, 11) is 0. The maximum Gasteiger partial charge on any atom is 0.0931 e. The SMILES string of the molecule is CC1CC(C)(C)CCC1NCc1ccc(Cl)s1. The molecule has 17 heavy (non-hydrogen) atoms. The lowest BCUT2D eigenvalue weighted by atomic mass is 9.70. The molecule has 0 saturated heterocycles. The summed E-state index contributed by atoms with van der Waals surface area (Å²) >= 11 is 7.62. The molecule has 2 atom stereocenters. The van der Waals surface area contributed by atoms with Crippen molar-refractivity contribution in [2.75, 3.05) is 0 Å². The van der Waals surface area contributed by atoms with Gasteiger partial charge in [0.25, 0.3) is 0 Å². The average molecular weight is 272 g/mol. The van der Waals surface area contributed by atoms with Crippen LogP contribution in [0.15, 0.2) is 12.1 Å². The summed E-state index contributed by atoms with van der Waals surface area (Å²) in [4.78, 5) is 1.34. The molecule has 1 aromatic rings. The van der Waals surface area contributed by atoms with E-state index in [4.69, 9.17) is 11.6 Å². The van der Waals surface area contributed by atoms with Gasteiger partial charge in [-0.15, -0.1) is 11.3 Å². The monoisotopic (exact) mass is 271 g/mol. The van der Waals surface area contributed by atoms with Crippen LogP contribution in [-0.4, -0.2) is 6.04 Å². The lowest BCUT2D eigenvalue weighted by Gasteiger charge is -2.39. The summed E-state index contributed by atoms with van der Waals surface area (Å²) in [5.41, 5.74) is 0.532. The van der Waals surface area contributed by atoms with Gasteiger partial charge in [-0.25, -0.2) is 0 Å². The Bertz CT molecular complexity index is 372. The fourth-order valence-electron chi connectivity index (χ4n) is 2.93. The second-order valence-corrected chi connectivity index (χ2v) is 7.88. The van der Waals surface area contributed by atoms with Gasteiger partial charge >= 0.3 is 0 Å². The highest BCUT2D eigenvalue weighted by Crippen LogP contribution is 2.38. The minimum absolute atomic E-state index is 0.532. The number of hydrogen-bond acceptors (Lipinski definition) is 2. The van der Waals surface area contributed by atoms with Gasteiger partial charge < -0.3 is 5.32 Å². The van der Waals surface area contributed by atoms with Crippen LogP contribution in [-0.2, 0) is 6.54 Å². The van der Waals surface area contributed by atoms with Gasteiger partial charge in [-0.2, -0.15) is 0 Å². The maximum atomic E-state index is 5.94. The smallest absolute Gasteiger partial charge is 0.0931 e. The molecule has 1 N–H and O–H groups in total. The molecule has 1 aromatic heterocycles. The number of thiophene rings is 1. The number of rotatable bonds is 3. The molecule has 2 rings (SSSR count). The normalized spacial score (nSPS) is 28.2. The van der Waals surface area contributed by atoms with E-state index in [-0.39, 0.29) is 0 Å². The minimum atomic E-state index is 0.532. The van der Waals surface area contributed by atoms with Crippen LogP contribution in [0.1, 0.15) is 44.9 Å². The first-order chi connectivity index (χ1) is 7.96. The van der Waals surface area contributed by atoms with E-state index in [9.17, 15) is 0 Å². The quantitative estimate of drug-likeness (QED) is 0.840. The van der Waals surface area contributed by atoms with Gasteiger partial charge in [0.1, 0.15) is 0 Å². The van der Waals surface area contributed by atoms with Crippen molar-refractivity contribution >= 4 is 22.9 Å². The standard InChI is InChI=1S/C14H22ClNS/c1-10-8-14(2,3)7-6-12(10)16-9-11-4-5-13(15)17-11/h4-5,10,12,16H,6-9H2,1-3H3. The van der Waals surface area contributed by atoms with Crippen molar-refractivity contribution in [2.24, 2.45) is 11.3 Å². The van der Waals surface area contributed by atoms with Crippen molar-refractivity contribution in [3.8, 4) is 0 Å². The van der Waals surface area contributed by atoms with Crippen LogP contribution in [0.3, 0.4) is 0 Å². The molecule has 0 amide bonds. The Morgan fingerprint density at radius 2 is 2.24 bits per heavy atom. The molecule has 1 fully saturated rings. The summed E-state index contributed by atoms with van der Waals surface area (Å²) in [6, 6.07) is 4.78. The lowest BCUT2D eigenvalue weighted by Crippen LogP contribution is -2.41. The fraction of sp³-hybridized carbons (Fsp3) is 0.714. The highest BCUT2D eigenvalue weighted by molar-refractivity contribution is 7.16. The molecule has 3 heteroatoms. The Hall–Kier alpha value is -0.0500. The largest absolute Gasteiger partial charge is 0.309 e. The zero-order chi connectivity index (χ0) is 12.5. The highest BCUT2D eigenvalue weighted by atomic mass is 35.5. The van der Waals surface area contributed by atoms with E-state index in [0.29, 0.717) is 11.5 Å². The van der Waals surface area contributed by atoms with Crippen molar-refractivity contribution in [2.45, 2.75) is 52.6 Å². The molecule has 0 aliphatic heterocycles. The van der Waals surface area contributed by atoms with Crippen molar-refractivity contribution in [1.82, 2.24) is 5.32 Å². The lowest BCUT2D eigenvalue weighted by molar-refractivity contribution is 0.148. The van der Waals surface area contributed by atoms with Crippen LogP contribution in [0.5, 0.6) is 0 Å². The first-order valence-corrected chi connectivity index (χ1v) is 7.63. The Balaban J connectivity index is 1.84. The van der Waals surface area contributed by atoms with Gasteiger partial charge in [0, 0.05) is 17.5 Å². The van der Waals surface area contributed by atoms with Gasteiger partial charge in [-0.05, 0) is 42.7 Å². The molecule has 1 heterocycles. The van der Waals surface area contributed by atoms with E-state index in [0.717, 1.165) is 16.8 Å².